The number of carbonyl (C=O) groups is 4. The topological polar surface area (TPSA) is 165 Å². The normalized spacial score (nSPS) is 16.4. The Bertz CT molecular complexity index is 1530. The van der Waals surface area contributed by atoms with Gasteiger partial charge in [-0.1, -0.05) is 43.2 Å². The van der Waals surface area contributed by atoms with Crippen molar-refractivity contribution in [3.8, 4) is 11.4 Å². The second-order valence-corrected chi connectivity index (χ2v) is 15.1. The minimum Gasteiger partial charge on any atom is -0.460 e. The lowest BCUT2D eigenvalue weighted by Gasteiger charge is -2.36. The first kappa shape index (κ1) is 35.8. The van der Waals surface area contributed by atoms with Crippen molar-refractivity contribution in [2.75, 3.05) is 32.8 Å². The summed E-state index contributed by atoms with van der Waals surface area (Å²) in [5.41, 5.74) is -0.0493. The molecule has 0 bridgehead atoms. The van der Waals surface area contributed by atoms with Crippen LogP contribution in [0.5, 0.6) is 0 Å². The highest BCUT2D eigenvalue weighted by Crippen LogP contribution is 2.27. The van der Waals surface area contributed by atoms with E-state index in [9.17, 15) is 27.6 Å². The molecule has 1 aliphatic carbocycles. The number of benzene rings is 1. The summed E-state index contributed by atoms with van der Waals surface area (Å²) >= 11 is 0. The second kappa shape index (κ2) is 15.7. The van der Waals surface area contributed by atoms with E-state index in [1.54, 1.807) is 52.0 Å². The van der Waals surface area contributed by atoms with Crippen molar-refractivity contribution >= 4 is 33.7 Å². The maximum Gasteiger partial charge on any atom is 0.409 e. The third-order valence-electron chi connectivity index (χ3n) is 7.98. The number of hydrogen-bond acceptors (Lipinski definition) is 10. The van der Waals surface area contributed by atoms with E-state index in [0.29, 0.717) is 18.4 Å². The molecule has 13 nitrogen and oxygen atoms in total. The van der Waals surface area contributed by atoms with Crippen LogP contribution in [0, 0.1) is 0 Å². The predicted molar refractivity (Wildman–Crippen MR) is 174 cm³/mol. The molecule has 0 radical (unpaired) electrons. The zero-order valence-electron chi connectivity index (χ0n) is 27.6. The minimum absolute atomic E-state index is 0.0445. The largest absolute Gasteiger partial charge is 0.460 e. The fourth-order valence-electron chi connectivity index (χ4n) is 5.66. The Labute approximate surface area is 276 Å². The molecule has 1 aromatic heterocycles. The molecule has 1 aliphatic heterocycles. The molecule has 4 rings (SSSR count). The van der Waals surface area contributed by atoms with Crippen molar-refractivity contribution < 1.29 is 37.1 Å². The van der Waals surface area contributed by atoms with Gasteiger partial charge in [0.2, 0.25) is 5.91 Å². The Morgan fingerprint density at radius 2 is 1.62 bits per heavy atom. The molecule has 3 amide bonds. The number of nitrogens with one attached hydrogen (secondary N) is 1. The molecule has 2 fully saturated rings. The average molecular weight is 672 g/mol. The highest BCUT2D eigenvalue weighted by atomic mass is 32.2. The van der Waals surface area contributed by atoms with Crippen LogP contribution in [0.3, 0.4) is 0 Å². The van der Waals surface area contributed by atoms with E-state index in [2.05, 4.69) is 15.3 Å². The van der Waals surface area contributed by atoms with Crippen LogP contribution < -0.4 is 5.32 Å². The fourth-order valence-corrected chi connectivity index (χ4v) is 7.51. The molecule has 1 N–H and O–H groups in total. The molecule has 0 unspecified atom stereocenters. The number of carbonyl (C=O) groups excluding carboxylic acids is 4. The van der Waals surface area contributed by atoms with Crippen molar-refractivity contribution in [2.24, 2.45) is 0 Å². The van der Waals surface area contributed by atoms with Gasteiger partial charge in [-0.05, 0) is 53.0 Å². The number of piperazine rings is 1. The predicted octanol–water partition coefficient (Wildman–Crippen LogP) is 3.52. The van der Waals surface area contributed by atoms with Crippen molar-refractivity contribution in [1.82, 2.24) is 25.1 Å². The third-order valence-corrected chi connectivity index (χ3v) is 10.2. The third kappa shape index (κ3) is 10.2. The van der Waals surface area contributed by atoms with E-state index in [-0.39, 0.29) is 68.6 Å². The molecule has 2 aromatic rings. The van der Waals surface area contributed by atoms with E-state index in [1.807, 2.05) is 6.07 Å². The summed E-state index contributed by atoms with van der Waals surface area (Å²) in [6.45, 7) is 8.10. The summed E-state index contributed by atoms with van der Waals surface area (Å²) < 4.78 is 37.0. The van der Waals surface area contributed by atoms with Crippen LogP contribution in [0.15, 0.2) is 36.4 Å². The minimum atomic E-state index is -3.52. The lowest BCUT2D eigenvalue weighted by atomic mass is 10.1. The van der Waals surface area contributed by atoms with Crippen molar-refractivity contribution in [3.05, 3.63) is 47.8 Å². The first-order valence-corrected chi connectivity index (χ1v) is 17.9. The zero-order chi connectivity index (χ0) is 34.2. The summed E-state index contributed by atoms with van der Waals surface area (Å²) in [7, 11) is -3.52. The molecule has 47 heavy (non-hydrogen) atoms. The van der Waals surface area contributed by atoms with Crippen LogP contribution >= 0.6 is 0 Å². The van der Waals surface area contributed by atoms with Crippen LogP contribution in [-0.2, 0) is 34.7 Å². The molecule has 1 saturated carbocycles. The molecule has 0 spiro atoms. The molecular weight excluding hydrogens is 626 g/mol. The fraction of sp³-hybridized carbons (Fsp3) is 0.576. The summed E-state index contributed by atoms with van der Waals surface area (Å²) in [6.07, 6.45) is 2.26. The summed E-state index contributed by atoms with van der Waals surface area (Å²) in [6, 6.07) is 9.14. The van der Waals surface area contributed by atoms with Gasteiger partial charge >= 0.3 is 12.1 Å². The SMILES string of the molecule is CCOC(=O)N1CCN(C(=O)[C@H](CCC(=O)OC(C)(C)C)NC(=O)c2cc(CS(=O)(=O)C3CCCC3)nc(-c3ccccc3)n2)CC1. The molecule has 14 heteroatoms. The van der Waals surface area contributed by atoms with Gasteiger partial charge in [-0.25, -0.2) is 23.2 Å². The Kier molecular flexibility index (Phi) is 11.9. The van der Waals surface area contributed by atoms with Crippen molar-refractivity contribution in [3.63, 3.8) is 0 Å². The van der Waals surface area contributed by atoms with Crippen LogP contribution in [0.1, 0.15) is 82.4 Å². The van der Waals surface area contributed by atoms with Gasteiger partial charge in [0.25, 0.3) is 5.91 Å². The van der Waals surface area contributed by atoms with Crippen LogP contribution in [0.4, 0.5) is 4.79 Å². The van der Waals surface area contributed by atoms with Crippen LogP contribution in [0.25, 0.3) is 11.4 Å². The number of rotatable bonds is 11. The maximum atomic E-state index is 13.8. The van der Waals surface area contributed by atoms with E-state index >= 15 is 0 Å². The molecule has 2 heterocycles. The lowest BCUT2D eigenvalue weighted by molar-refractivity contribution is -0.155. The van der Waals surface area contributed by atoms with Crippen LogP contribution in [0.2, 0.25) is 0 Å². The van der Waals surface area contributed by atoms with Gasteiger partial charge in [0, 0.05) is 38.2 Å². The summed E-state index contributed by atoms with van der Waals surface area (Å²) in [5, 5.41) is 2.29. The van der Waals surface area contributed by atoms with Gasteiger partial charge in [0.05, 0.1) is 23.3 Å². The van der Waals surface area contributed by atoms with E-state index in [4.69, 9.17) is 9.47 Å². The van der Waals surface area contributed by atoms with Gasteiger partial charge in [-0.15, -0.1) is 0 Å². The molecular formula is C33H45N5O8S. The monoisotopic (exact) mass is 671 g/mol. The summed E-state index contributed by atoms with van der Waals surface area (Å²) in [5.74, 6) is -1.82. The Morgan fingerprint density at radius 3 is 2.23 bits per heavy atom. The Balaban J connectivity index is 1.58. The Morgan fingerprint density at radius 1 is 0.979 bits per heavy atom. The lowest BCUT2D eigenvalue weighted by Crippen LogP contribution is -2.56. The standard InChI is InChI=1S/C33H45N5O8S/c1-5-45-32(42)38-19-17-37(18-20-38)31(41)26(15-16-28(39)46-33(2,3)4)36-30(40)27-21-24(22-47(43,44)25-13-9-10-14-25)34-29(35-27)23-11-7-6-8-12-23/h6-8,11-12,21,25-26H,5,9-10,13-20,22H2,1-4H3,(H,36,40)/t26-/m0/s1. The van der Waals surface area contributed by atoms with Crippen LogP contribution in [-0.4, -0.2) is 102 Å². The number of ether oxygens (including phenoxy) is 2. The Hall–Kier alpha value is -4.07. The average Bonchev–Trinajstić information content (AvgIpc) is 3.59. The molecule has 256 valence electrons. The number of hydrogen-bond donors (Lipinski definition) is 1. The molecule has 1 aromatic carbocycles. The van der Waals surface area contributed by atoms with E-state index < -0.39 is 50.6 Å². The maximum absolute atomic E-state index is 13.8. The molecule has 1 atom stereocenters. The molecule has 2 aliphatic rings. The first-order chi connectivity index (χ1) is 22.3. The highest BCUT2D eigenvalue weighted by molar-refractivity contribution is 7.91. The smallest absolute Gasteiger partial charge is 0.409 e. The van der Waals surface area contributed by atoms with Crippen molar-refractivity contribution in [1.29, 1.82) is 0 Å². The number of nitrogens with zero attached hydrogens (tertiary/aromatic N) is 4. The zero-order valence-corrected chi connectivity index (χ0v) is 28.4. The number of esters is 1. The number of sulfone groups is 1. The number of amides is 3. The van der Waals surface area contributed by atoms with Gasteiger partial charge < -0.3 is 24.6 Å². The van der Waals surface area contributed by atoms with Crippen molar-refractivity contribution in [2.45, 2.75) is 88.9 Å². The van der Waals surface area contributed by atoms with E-state index in [1.165, 1.54) is 15.9 Å². The van der Waals surface area contributed by atoms with Gasteiger partial charge in [0.1, 0.15) is 17.3 Å². The quantitative estimate of drug-likeness (QED) is 0.350. The number of aromatic nitrogens is 2. The summed E-state index contributed by atoms with van der Waals surface area (Å²) in [4.78, 5) is 64.3. The van der Waals surface area contributed by atoms with Gasteiger partial charge in [-0.3, -0.25) is 14.4 Å². The molecule has 1 saturated heterocycles. The van der Waals surface area contributed by atoms with E-state index in [0.717, 1.165) is 12.8 Å². The highest BCUT2D eigenvalue weighted by Gasteiger charge is 2.33. The van der Waals surface area contributed by atoms with Gasteiger partial charge in [-0.2, -0.15) is 0 Å². The second-order valence-electron chi connectivity index (χ2n) is 12.8. The first-order valence-electron chi connectivity index (χ1n) is 16.1. The van der Waals surface area contributed by atoms with Gasteiger partial charge in [0.15, 0.2) is 15.7 Å².